The third-order valence-electron chi connectivity index (χ3n) is 4.44. The second kappa shape index (κ2) is 15.4. The molecule has 0 fully saturated rings. The van der Waals surface area contributed by atoms with Crippen molar-refractivity contribution in [3.8, 4) is 11.5 Å². The molecule has 0 aromatic heterocycles. The zero-order chi connectivity index (χ0) is 18.2. The van der Waals surface area contributed by atoms with E-state index in [-0.39, 0.29) is 0 Å². The maximum Gasteiger partial charge on any atom is 0.141 e. The van der Waals surface area contributed by atoms with E-state index in [4.69, 9.17) is 21.1 Å². The molecule has 0 radical (unpaired) electrons. The Hall–Kier alpha value is -0.890. The van der Waals surface area contributed by atoms with E-state index >= 15 is 0 Å². The van der Waals surface area contributed by atoms with Gasteiger partial charge in [0.15, 0.2) is 0 Å². The molecule has 0 aliphatic rings. The second-order valence-corrected chi connectivity index (χ2v) is 7.18. The van der Waals surface area contributed by atoms with Crippen LogP contribution in [0.3, 0.4) is 0 Å². The van der Waals surface area contributed by atoms with Crippen LogP contribution in [0.25, 0.3) is 0 Å². The molecule has 1 aromatic carbocycles. The molecule has 0 aliphatic carbocycles. The average molecular weight is 369 g/mol. The summed E-state index contributed by atoms with van der Waals surface area (Å²) in [7, 11) is 0. The third kappa shape index (κ3) is 10.6. The van der Waals surface area contributed by atoms with Gasteiger partial charge < -0.3 is 9.47 Å². The van der Waals surface area contributed by atoms with Gasteiger partial charge in [-0.1, -0.05) is 95.7 Å². The smallest absolute Gasteiger partial charge is 0.141 e. The molecule has 0 bridgehead atoms. The van der Waals surface area contributed by atoms with E-state index in [1.165, 1.54) is 64.2 Å². The van der Waals surface area contributed by atoms with Gasteiger partial charge in [0.1, 0.15) is 16.5 Å². The Morgan fingerprint density at radius 2 is 1.04 bits per heavy atom. The summed E-state index contributed by atoms with van der Waals surface area (Å²) in [5, 5.41) is 0.611. The molecule has 25 heavy (non-hydrogen) atoms. The number of hydrogen-bond donors (Lipinski definition) is 0. The standard InChI is InChI=1S/C22H37ClO2/c1-3-5-7-9-11-13-18-24-20-16-15-17-21(22(20)23)25-19-14-12-10-8-6-4-2/h15-17H,3-14,18-19H2,1-2H3. The van der Waals surface area contributed by atoms with E-state index in [0.717, 1.165) is 37.6 Å². The van der Waals surface area contributed by atoms with Gasteiger partial charge in [-0.25, -0.2) is 0 Å². The molecule has 0 unspecified atom stereocenters. The van der Waals surface area contributed by atoms with Gasteiger partial charge in [0.25, 0.3) is 0 Å². The Morgan fingerprint density at radius 3 is 1.48 bits per heavy atom. The van der Waals surface area contributed by atoms with Crippen molar-refractivity contribution in [3.63, 3.8) is 0 Å². The molecule has 0 N–H and O–H groups in total. The van der Waals surface area contributed by atoms with Gasteiger partial charge in [0.05, 0.1) is 13.2 Å². The first kappa shape index (κ1) is 22.2. The molecule has 0 amide bonds. The van der Waals surface area contributed by atoms with Crippen LogP contribution in [0.2, 0.25) is 5.02 Å². The van der Waals surface area contributed by atoms with E-state index < -0.39 is 0 Å². The summed E-state index contributed by atoms with van der Waals surface area (Å²) in [6.07, 6.45) is 15.1. The molecule has 0 saturated heterocycles. The number of ether oxygens (including phenoxy) is 2. The van der Waals surface area contributed by atoms with Crippen molar-refractivity contribution in [2.45, 2.75) is 90.9 Å². The van der Waals surface area contributed by atoms with Crippen molar-refractivity contribution in [1.82, 2.24) is 0 Å². The fourth-order valence-electron chi connectivity index (χ4n) is 2.84. The summed E-state index contributed by atoms with van der Waals surface area (Å²) in [5.74, 6) is 1.49. The Morgan fingerprint density at radius 1 is 0.640 bits per heavy atom. The highest BCUT2D eigenvalue weighted by Gasteiger charge is 2.08. The van der Waals surface area contributed by atoms with E-state index in [1.54, 1.807) is 0 Å². The second-order valence-electron chi connectivity index (χ2n) is 6.80. The zero-order valence-corrected chi connectivity index (χ0v) is 17.1. The Bertz CT molecular complexity index is 398. The lowest BCUT2D eigenvalue weighted by Crippen LogP contribution is -2.01. The highest BCUT2D eigenvalue weighted by molar-refractivity contribution is 6.33. The van der Waals surface area contributed by atoms with E-state index in [2.05, 4.69) is 13.8 Å². The molecule has 1 rings (SSSR count). The van der Waals surface area contributed by atoms with Crippen molar-refractivity contribution < 1.29 is 9.47 Å². The first-order chi connectivity index (χ1) is 12.3. The first-order valence-electron chi connectivity index (χ1n) is 10.3. The van der Waals surface area contributed by atoms with Gasteiger partial charge in [0.2, 0.25) is 0 Å². The van der Waals surface area contributed by atoms with Crippen molar-refractivity contribution in [2.75, 3.05) is 13.2 Å². The fourth-order valence-corrected chi connectivity index (χ4v) is 3.08. The van der Waals surface area contributed by atoms with Gasteiger partial charge in [-0.15, -0.1) is 0 Å². The molecule has 1 aromatic rings. The highest BCUT2D eigenvalue weighted by Crippen LogP contribution is 2.34. The predicted octanol–water partition coefficient (Wildman–Crippen LogP) is 7.82. The van der Waals surface area contributed by atoms with Crippen LogP contribution in [0.1, 0.15) is 90.9 Å². The minimum absolute atomic E-state index is 0.611. The van der Waals surface area contributed by atoms with E-state index in [0.29, 0.717) is 5.02 Å². The summed E-state index contributed by atoms with van der Waals surface area (Å²) < 4.78 is 11.7. The molecule has 0 heterocycles. The minimum atomic E-state index is 0.611. The highest BCUT2D eigenvalue weighted by atomic mass is 35.5. The van der Waals surface area contributed by atoms with Gasteiger partial charge >= 0.3 is 0 Å². The summed E-state index contributed by atoms with van der Waals surface area (Å²) in [6, 6.07) is 5.81. The quantitative estimate of drug-likeness (QED) is 0.277. The lowest BCUT2D eigenvalue weighted by molar-refractivity contribution is 0.290. The molecular formula is C22H37ClO2. The topological polar surface area (TPSA) is 18.5 Å². The van der Waals surface area contributed by atoms with Crippen molar-refractivity contribution in [2.24, 2.45) is 0 Å². The van der Waals surface area contributed by atoms with Crippen LogP contribution in [-0.2, 0) is 0 Å². The Kier molecular flexibility index (Phi) is 13.6. The molecule has 3 heteroatoms. The molecule has 2 nitrogen and oxygen atoms in total. The monoisotopic (exact) mass is 368 g/mol. The summed E-state index contributed by atoms with van der Waals surface area (Å²) in [6.45, 7) is 5.94. The average Bonchev–Trinajstić information content (AvgIpc) is 2.62. The summed E-state index contributed by atoms with van der Waals surface area (Å²) in [5.41, 5.74) is 0. The van der Waals surface area contributed by atoms with Gasteiger partial charge in [-0.2, -0.15) is 0 Å². The minimum Gasteiger partial charge on any atom is -0.492 e. The number of unbranched alkanes of at least 4 members (excludes halogenated alkanes) is 10. The van der Waals surface area contributed by atoms with Crippen molar-refractivity contribution in [1.29, 1.82) is 0 Å². The maximum atomic E-state index is 6.42. The van der Waals surface area contributed by atoms with E-state index in [1.807, 2.05) is 18.2 Å². The van der Waals surface area contributed by atoms with Gasteiger partial charge in [-0.05, 0) is 25.0 Å². The number of hydrogen-bond acceptors (Lipinski definition) is 2. The molecule has 0 saturated carbocycles. The lowest BCUT2D eigenvalue weighted by Gasteiger charge is -2.12. The largest absolute Gasteiger partial charge is 0.492 e. The van der Waals surface area contributed by atoms with Crippen LogP contribution in [-0.4, -0.2) is 13.2 Å². The number of rotatable bonds is 16. The summed E-state index contributed by atoms with van der Waals surface area (Å²) >= 11 is 6.42. The Balaban J connectivity index is 2.21. The van der Waals surface area contributed by atoms with Crippen LogP contribution in [0.15, 0.2) is 18.2 Å². The predicted molar refractivity (Wildman–Crippen MR) is 109 cm³/mol. The lowest BCUT2D eigenvalue weighted by atomic mass is 10.1. The van der Waals surface area contributed by atoms with Crippen LogP contribution in [0.4, 0.5) is 0 Å². The van der Waals surface area contributed by atoms with Gasteiger partial charge in [-0.3, -0.25) is 0 Å². The SMILES string of the molecule is CCCCCCCCOc1cccc(OCCCCCCCC)c1Cl. The first-order valence-corrected chi connectivity index (χ1v) is 10.7. The van der Waals surface area contributed by atoms with Crippen LogP contribution in [0.5, 0.6) is 11.5 Å². The zero-order valence-electron chi connectivity index (χ0n) is 16.3. The van der Waals surface area contributed by atoms with Crippen LogP contribution >= 0.6 is 11.6 Å². The molecule has 0 atom stereocenters. The maximum absolute atomic E-state index is 6.42. The Labute approximate surface area is 160 Å². The number of benzene rings is 1. The molecule has 0 spiro atoms. The normalized spacial score (nSPS) is 10.8. The summed E-state index contributed by atoms with van der Waals surface area (Å²) in [4.78, 5) is 0. The molecule has 0 aliphatic heterocycles. The fraction of sp³-hybridized carbons (Fsp3) is 0.727. The number of halogens is 1. The molecule has 144 valence electrons. The van der Waals surface area contributed by atoms with Crippen molar-refractivity contribution >= 4 is 11.6 Å². The van der Waals surface area contributed by atoms with Crippen molar-refractivity contribution in [3.05, 3.63) is 23.2 Å². The van der Waals surface area contributed by atoms with Crippen LogP contribution in [0, 0.1) is 0 Å². The van der Waals surface area contributed by atoms with Crippen LogP contribution < -0.4 is 9.47 Å². The van der Waals surface area contributed by atoms with Gasteiger partial charge in [0, 0.05) is 0 Å². The van der Waals surface area contributed by atoms with E-state index in [9.17, 15) is 0 Å². The molecular weight excluding hydrogens is 332 g/mol. The third-order valence-corrected chi connectivity index (χ3v) is 4.81.